The Balaban J connectivity index is 0. The lowest BCUT2D eigenvalue weighted by Crippen LogP contribution is -2.48. The van der Waals surface area contributed by atoms with E-state index in [2.05, 4.69) is 27.7 Å². The predicted octanol–water partition coefficient (Wildman–Crippen LogP) is 5.13. The summed E-state index contributed by atoms with van der Waals surface area (Å²) < 4.78 is 32.9. The highest BCUT2D eigenvalue weighted by Crippen LogP contribution is 2.13. The highest BCUT2D eigenvalue weighted by atomic mass is 32.3. The van der Waals surface area contributed by atoms with Gasteiger partial charge in [0.15, 0.2) is 0 Å². The fraction of sp³-hybridized carbons (Fsp3) is 1.00. The summed E-state index contributed by atoms with van der Waals surface area (Å²) in [6, 6.07) is 0. The number of rotatable bonds is 14. The van der Waals surface area contributed by atoms with Crippen molar-refractivity contribution in [2.45, 2.75) is 91.9 Å². The maximum atomic E-state index is 8.74. The maximum Gasteiger partial charge on any atom is 0.394 e. The summed E-state index contributed by atoms with van der Waals surface area (Å²) in [5, 5.41) is 0. The van der Waals surface area contributed by atoms with Crippen LogP contribution in [-0.2, 0) is 10.4 Å². The van der Waals surface area contributed by atoms with E-state index in [-0.39, 0.29) is 0 Å². The third-order valence-electron chi connectivity index (χ3n) is 5.00. The molecule has 0 rings (SSSR count). The minimum atomic E-state index is -4.67. The van der Waals surface area contributed by atoms with Crippen molar-refractivity contribution < 1.29 is 22.0 Å². The molecule has 0 aliphatic heterocycles. The normalized spacial score (nSPS) is 11.9. The van der Waals surface area contributed by atoms with Gasteiger partial charge in [0, 0.05) is 0 Å². The summed E-state index contributed by atoms with van der Waals surface area (Å²) in [5.74, 6) is 0. The smallest absolute Gasteiger partial charge is 0.324 e. The molecule has 0 saturated heterocycles. The molecule has 0 unspecified atom stereocenters. The molecule has 0 fully saturated rings. The molecule has 0 aliphatic rings. The van der Waals surface area contributed by atoms with Crippen LogP contribution < -0.4 is 0 Å². The van der Waals surface area contributed by atoms with E-state index in [9.17, 15) is 0 Å². The molecule has 0 amide bonds. The Hall–Kier alpha value is -0.170. The zero-order chi connectivity index (χ0) is 18.9. The molecular formula is C18H42NO4S+. The zero-order valence-electron chi connectivity index (χ0n) is 16.5. The van der Waals surface area contributed by atoms with Crippen molar-refractivity contribution in [1.82, 2.24) is 0 Å². The van der Waals surface area contributed by atoms with Gasteiger partial charge in [0.05, 0.1) is 26.2 Å². The first-order chi connectivity index (χ1) is 11.2. The number of nitrogens with zero attached hydrogens (tertiary/aromatic N) is 1. The van der Waals surface area contributed by atoms with E-state index in [0.29, 0.717) is 0 Å². The van der Waals surface area contributed by atoms with Crippen LogP contribution in [0.4, 0.5) is 0 Å². The second-order valence-electron chi connectivity index (χ2n) is 6.64. The van der Waals surface area contributed by atoms with Crippen molar-refractivity contribution in [2.75, 3.05) is 26.2 Å². The monoisotopic (exact) mass is 368 g/mol. The summed E-state index contributed by atoms with van der Waals surface area (Å²) in [6.45, 7) is 14.7. The molecule has 0 aromatic carbocycles. The standard InChI is InChI=1S/C18H40N.H2O4S/c1-5-9-10-11-12-13-14-15-16-17-18-19(6-2,7-3)8-4;1-5(2,3)4/h5-18H2,1-4H3;(H2,1,2,3,4)/q+1;. The van der Waals surface area contributed by atoms with E-state index >= 15 is 0 Å². The van der Waals surface area contributed by atoms with Crippen LogP contribution in [0.5, 0.6) is 0 Å². The molecule has 0 spiro atoms. The Morgan fingerprint density at radius 3 is 1.21 bits per heavy atom. The molecule has 0 radical (unpaired) electrons. The van der Waals surface area contributed by atoms with Crippen molar-refractivity contribution >= 4 is 10.4 Å². The number of quaternary nitrogens is 1. The van der Waals surface area contributed by atoms with Crippen LogP contribution >= 0.6 is 0 Å². The van der Waals surface area contributed by atoms with Crippen LogP contribution in [0.15, 0.2) is 0 Å². The van der Waals surface area contributed by atoms with Crippen molar-refractivity contribution in [2.24, 2.45) is 0 Å². The van der Waals surface area contributed by atoms with Crippen LogP contribution in [-0.4, -0.2) is 48.2 Å². The lowest BCUT2D eigenvalue weighted by molar-refractivity contribution is -0.923. The lowest BCUT2D eigenvalue weighted by atomic mass is 10.1. The average Bonchev–Trinajstić information content (AvgIpc) is 2.52. The Kier molecular flexibility index (Phi) is 17.7. The highest BCUT2D eigenvalue weighted by Gasteiger charge is 2.19. The molecule has 0 aromatic rings. The van der Waals surface area contributed by atoms with E-state index < -0.39 is 10.4 Å². The molecule has 24 heavy (non-hydrogen) atoms. The van der Waals surface area contributed by atoms with Crippen LogP contribution in [0.3, 0.4) is 0 Å². The largest absolute Gasteiger partial charge is 0.394 e. The molecule has 6 heteroatoms. The van der Waals surface area contributed by atoms with Gasteiger partial charge in [0.25, 0.3) is 0 Å². The van der Waals surface area contributed by atoms with Crippen molar-refractivity contribution in [3.63, 3.8) is 0 Å². The summed E-state index contributed by atoms with van der Waals surface area (Å²) >= 11 is 0. The van der Waals surface area contributed by atoms with Crippen LogP contribution in [0.2, 0.25) is 0 Å². The van der Waals surface area contributed by atoms with Gasteiger partial charge >= 0.3 is 10.4 Å². The van der Waals surface area contributed by atoms with Gasteiger partial charge in [-0.25, -0.2) is 0 Å². The SMILES string of the molecule is CCCCCCCCCCCC[N+](CC)(CC)CC.O=S(=O)(O)O. The number of unbranched alkanes of at least 4 members (excludes halogenated alkanes) is 9. The van der Waals surface area contributed by atoms with Gasteiger partial charge < -0.3 is 4.48 Å². The fourth-order valence-corrected chi connectivity index (χ4v) is 3.08. The topological polar surface area (TPSA) is 74.6 Å². The number of hydrogen-bond acceptors (Lipinski definition) is 2. The first-order valence-corrected chi connectivity index (χ1v) is 11.2. The molecule has 148 valence electrons. The molecule has 0 heterocycles. The minimum absolute atomic E-state index is 1.31. The molecule has 0 aromatic heterocycles. The predicted molar refractivity (Wildman–Crippen MR) is 103 cm³/mol. The Labute approximate surface area is 151 Å². The molecule has 0 saturated carbocycles. The molecule has 0 atom stereocenters. The average molecular weight is 369 g/mol. The third-order valence-corrected chi connectivity index (χ3v) is 5.00. The first kappa shape index (κ1) is 26.1. The van der Waals surface area contributed by atoms with Crippen LogP contribution in [0.25, 0.3) is 0 Å². The molecule has 0 bridgehead atoms. The third kappa shape index (κ3) is 19.9. The Morgan fingerprint density at radius 1 is 0.625 bits per heavy atom. The van der Waals surface area contributed by atoms with Gasteiger partial charge in [-0.1, -0.05) is 58.3 Å². The second kappa shape index (κ2) is 16.3. The summed E-state index contributed by atoms with van der Waals surface area (Å²) in [7, 11) is -4.67. The molecule has 2 N–H and O–H groups in total. The van der Waals surface area contributed by atoms with Crippen LogP contribution in [0.1, 0.15) is 91.9 Å². The van der Waals surface area contributed by atoms with Gasteiger partial charge in [-0.3, -0.25) is 9.11 Å². The Bertz CT molecular complexity index is 338. The first-order valence-electron chi connectivity index (χ1n) is 9.79. The van der Waals surface area contributed by atoms with Gasteiger partial charge in [-0.05, 0) is 33.6 Å². The lowest BCUT2D eigenvalue weighted by Gasteiger charge is -2.35. The van der Waals surface area contributed by atoms with E-state index in [1.807, 2.05) is 0 Å². The van der Waals surface area contributed by atoms with Gasteiger partial charge in [-0.15, -0.1) is 0 Å². The highest BCUT2D eigenvalue weighted by molar-refractivity contribution is 7.79. The van der Waals surface area contributed by atoms with E-state index in [1.165, 1.54) is 94.9 Å². The summed E-state index contributed by atoms with van der Waals surface area (Å²) in [6.07, 6.45) is 14.5. The van der Waals surface area contributed by atoms with Gasteiger partial charge in [0.1, 0.15) is 0 Å². The van der Waals surface area contributed by atoms with Crippen LogP contribution in [0, 0.1) is 0 Å². The quantitative estimate of drug-likeness (QED) is 0.253. The second-order valence-corrected chi connectivity index (χ2v) is 7.54. The van der Waals surface area contributed by atoms with Gasteiger partial charge in [0.2, 0.25) is 0 Å². The van der Waals surface area contributed by atoms with E-state index in [0.717, 1.165) is 0 Å². The van der Waals surface area contributed by atoms with E-state index in [4.69, 9.17) is 17.5 Å². The van der Waals surface area contributed by atoms with E-state index in [1.54, 1.807) is 0 Å². The molecular weight excluding hydrogens is 326 g/mol. The Morgan fingerprint density at radius 2 is 0.917 bits per heavy atom. The minimum Gasteiger partial charge on any atom is -0.324 e. The van der Waals surface area contributed by atoms with Crippen molar-refractivity contribution in [3.05, 3.63) is 0 Å². The van der Waals surface area contributed by atoms with Crippen molar-refractivity contribution in [3.8, 4) is 0 Å². The molecule has 5 nitrogen and oxygen atoms in total. The zero-order valence-corrected chi connectivity index (χ0v) is 17.3. The van der Waals surface area contributed by atoms with Gasteiger partial charge in [-0.2, -0.15) is 8.42 Å². The van der Waals surface area contributed by atoms with Crippen molar-refractivity contribution in [1.29, 1.82) is 0 Å². The maximum absolute atomic E-state index is 8.74. The fourth-order valence-electron chi connectivity index (χ4n) is 3.08. The molecule has 0 aliphatic carbocycles. The summed E-state index contributed by atoms with van der Waals surface area (Å²) in [4.78, 5) is 0. The number of hydrogen-bond donors (Lipinski definition) is 2. The summed E-state index contributed by atoms with van der Waals surface area (Å²) in [5.41, 5.74) is 0.